The quantitative estimate of drug-likeness (QED) is 0.451. The molecule has 0 unspecified atom stereocenters. The van der Waals surface area contributed by atoms with E-state index in [-0.39, 0.29) is 10.6 Å². The highest BCUT2D eigenvalue weighted by atomic mass is 32.1. The highest BCUT2D eigenvalue weighted by Crippen LogP contribution is 2.18. The van der Waals surface area contributed by atoms with Crippen LogP contribution in [-0.2, 0) is 0 Å². The lowest BCUT2D eigenvalue weighted by Gasteiger charge is -1.77. The highest BCUT2D eigenvalue weighted by molar-refractivity contribution is 7.10. The minimum Gasteiger partial charge on any atom is -0.258 e. The number of nitrogens with zero attached hydrogens (tertiary/aromatic N) is 2. The Bertz CT molecular complexity index is 299. The van der Waals surface area contributed by atoms with Crippen LogP contribution in [0.5, 0.6) is 0 Å². The Labute approximate surface area is 60.5 Å². The summed E-state index contributed by atoms with van der Waals surface area (Å²) in [4.78, 5) is 9.67. The van der Waals surface area contributed by atoms with Crippen molar-refractivity contribution in [3.63, 3.8) is 0 Å². The summed E-state index contributed by atoms with van der Waals surface area (Å²) in [7, 11) is 0. The number of hydrogen-bond acceptors (Lipinski definition) is 4. The van der Waals surface area contributed by atoms with Crippen LogP contribution in [0.4, 0.5) is 5.69 Å². The molecule has 0 fully saturated rings. The standard InChI is InChI=1S/C5HN2O2S/c6-2-5-1-4(3-10-5)7(8)9/h3H. The molecule has 0 aliphatic rings. The summed E-state index contributed by atoms with van der Waals surface area (Å²) in [5, 5.41) is 19.5. The molecule has 1 aromatic heterocycles. The molecule has 1 aromatic rings. The first-order valence-electron chi connectivity index (χ1n) is 2.29. The molecule has 0 aromatic carbocycles. The van der Waals surface area contributed by atoms with E-state index in [0.29, 0.717) is 0 Å². The minimum absolute atomic E-state index is 0.137. The summed E-state index contributed by atoms with van der Waals surface area (Å²) in [6.45, 7) is 0. The fraction of sp³-hybridized carbons (Fsp3) is 0. The third-order valence-electron chi connectivity index (χ3n) is 0.828. The number of rotatable bonds is 1. The van der Waals surface area contributed by atoms with Gasteiger partial charge in [0.25, 0.3) is 5.69 Å². The molecule has 1 rings (SSSR count). The molecule has 0 atom stereocenters. The van der Waals surface area contributed by atoms with E-state index in [0.717, 1.165) is 11.3 Å². The van der Waals surface area contributed by atoms with Crippen LogP contribution >= 0.6 is 11.3 Å². The van der Waals surface area contributed by atoms with Gasteiger partial charge >= 0.3 is 0 Å². The lowest BCUT2D eigenvalue weighted by atomic mass is 10.4. The molecule has 0 amide bonds. The molecule has 10 heavy (non-hydrogen) atoms. The van der Waals surface area contributed by atoms with Crippen LogP contribution in [0, 0.1) is 27.5 Å². The largest absolute Gasteiger partial charge is 0.289 e. The third-order valence-corrected chi connectivity index (χ3v) is 1.60. The van der Waals surface area contributed by atoms with E-state index in [9.17, 15) is 10.1 Å². The molecule has 0 saturated heterocycles. The van der Waals surface area contributed by atoms with Crippen molar-refractivity contribution >= 4 is 17.0 Å². The monoisotopic (exact) mass is 153 g/mol. The number of nitro groups is 1. The molecule has 4 nitrogen and oxygen atoms in total. The number of hydrogen-bond donors (Lipinski definition) is 0. The minimum atomic E-state index is -0.572. The fourth-order valence-corrected chi connectivity index (χ4v) is 1.02. The average Bonchev–Trinajstić information content (AvgIpc) is 2.34. The third kappa shape index (κ3) is 1.11. The normalized spacial score (nSPS) is 8.70. The Morgan fingerprint density at radius 1 is 1.90 bits per heavy atom. The highest BCUT2D eigenvalue weighted by Gasteiger charge is 2.08. The Kier molecular flexibility index (Phi) is 1.65. The maximum Gasteiger partial charge on any atom is 0.289 e. The fourth-order valence-electron chi connectivity index (χ4n) is 0.433. The van der Waals surface area contributed by atoms with Gasteiger partial charge in [-0.25, -0.2) is 0 Å². The first-order valence-corrected chi connectivity index (χ1v) is 3.17. The first-order chi connectivity index (χ1) is 4.74. The van der Waals surface area contributed by atoms with Gasteiger partial charge in [0.2, 0.25) is 0 Å². The van der Waals surface area contributed by atoms with Crippen molar-refractivity contribution < 1.29 is 4.92 Å². The van der Waals surface area contributed by atoms with Crippen molar-refractivity contribution in [3.8, 4) is 6.07 Å². The molecule has 0 N–H and O–H groups in total. The summed E-state index contributed by atoms with van der Waals surface area (Å²) >= 11 is 1.02. The summed E-state index contributed by atoms with van der Waals surface area (Å²) in [6.07, 6.45) is 0. The van der Waals surface area contributed by atoms with Crippen molar-refractivity contribution in [1.82, 2.24) is 0 Å². The van der Waals surface area contributed by atoms with E-state index in [4.69, 9.17) is 5.26 Å². The zero-order valence-electron chi connectivity index (χ0n) is 4.70. The molecule has 0 saturated carbocycles. The predicted octanol–water partition coefficient (Wildman–Crippen LogP) is 1.33. The lowest BCUT2D eigenvalue weighted by Crippen LogP contribution is -1.82. The molecular formula is C5HN2O2S. The van der Waals surface area contributed by atoms with Crippen LogP contribution in [0.1, 0.15) is 4.88 Å². The zero-order chi connectivity index (χ0) is 7.56. The zero-order valence-corrected chi connectivity index (χ0v) is 5.51. The summed E-state index contributed by atoms with van der Waals surface area (Å²) < 4.78 is 0. The van der Waals surface area contributed by atoms with Crippen LogP contribution in [0.25, 0.3) is 0 Å². The SMILES string of the molecule is N#Cc1[c]c([N+](=O)[O-])cs1. The van der Waals surface area contributed by atoms with Gasteiger partial charge in [-0.1, -0.05) is 0 Å². The maximum absolute atomic E-state index is 10.0. The van der Waals surface area contributed by atoms with E-state index in [1.165, 1.54) is 5.38 Å². The number of thiophene rings is 1. The van der Waals surface area contributed by atoms with Crippen molar-refractivity contribution in [2.45, 2.75) is 0 Å². The second kappa shape index (κ2) is 2.45. The molecule has 0 spiro atoms. The van der Waals surface area contributed by atoms with E-state index in [2.05, 4.69) is 6.07 Å². The van der Waals surface area contributed by atoms with Crippen LogP contribution in [-0.4, -0.2) is 4.92 Å². The van der Waals surface area contributed by atoms with Gasteiger partial charge in [-0.15, -0.1) is 11.3 Å². The Morgan fingerprint density at radius 3 is 2.90 bits per heavy atom. The molecule has 0 bridgehead atoms. The van der Waals surface area contributed by atoms with Crippen LogP contribution < -0.4 is 0 Å². The number of nitriles is 1. The molecule has 1 heterocycles. The van der Waals surface area contributed by atoms with Crippen LogP contribution in [0.2, 0.25) is 0 Å². The van der Waals surface area contributed by atoms with Crippen molar-refractivity contribution in [1.29, 1.82) is 5.26 Å². The predicted molar refractivity (Wildman–Crippen MR) is 34.5 cm³/mol. The van der Waals surface area contributed by atoms with Crippen molar-refractivity contribution in [2.24, 2.45) is 0 Å². The van der Waals surface area contributed by atoms with Gasteiger partial charge in [0.15, 0.2) is 0 Å². The topological polar surface area (TPSA) is 66.9 Å². The van der Waals surface area contributed by atoms with Crippen molar-refractivity contribution in [2.75, 3.05) is 0 Å². The maximum atomic E-state index is 10.0. The van der Waals surface area contributed by atoms with Gasteiger partial charge in [-0.2, -0.15) is 5.26 Å². The van der Waals surface area contributed by atoms with Gasteiger partial charge in [0, 0.05) is 0 Å². The summed E-state index contributed by atoms with van der Waals surface area (Å²) in [6, 6.07) is 4.08. The van der Waals surface area contributed by atoms with Gasteiger partial charge < -0.3 is 0 Å². The Balaban J connectivity index is 3.02. The van der Waals surface area contributed by atoms with Gasteiger partial charge in [0.05, 0.1) is 16.4 Å². The smallest absolute Gasteiger partial charge is 0.258 e. The van der Waals surface area contributed by atoms with Crippen molar-refractivity contribution in [3.05, 3.63) is 26.4 Å². The molecule has 49 valence electrons. The van der Waals surface area contributed by atoms with E-state index in [1.54, 1.807) is 6.07 Å². The Morgan fingerprint density at radius 2 is 2.60 bits per heavy atom. The first kappa shape index (κ1) is 6.71. The molecule has 0 aliphatic heterocycles. The van der Waals surface area contributed by atoms with E-state index < -0.39 is 4.92 Å². The Hall–Kier alpha value is -1.41. The second-order valence-electron chi connectivity index (χ2n) is 1.44. The van der Waals surface area contributed by atoms with Gasteiger partial charge in [-0.3, -0.25) is 10.1 Å². The molecule has 1 radical (unpaired) electrons. The van der Waals surface area contributed by atoms with E-state index >= 15 is 0 Å². The molecule has 0 aliphatic carbocycles. The molecule has 5 heteroatoms. The van der Waals surface area contributed by atoms with Crippen LogP contribution in [0.3, 0.4) is 0 Å². The average molecular weight is 153 g/mol. The second-order valence-corrected chi connectivity index (χ2v) is 2.32. The summed E-state index contributed by atoms with van der Waals surface area (Å²) in [5.41, 5.74) is -0.137. The van der Waals surface area contributed by atoms with E-state index in [1.807, 2.05) is 0 Å². The lowest BCUT2D eigenvalue weighted by molar-refractivity contribution is -0.384. The van der Waals surface area contributed by atoms with Gasteiger partial charge in [-0.05, 0) is 0 Å². The van der Waals surface area contributed by atoms with Gasteiger partial charge in [0.1, 0.15) is 10.9 Å². The van der Waals surface area contributed by atoms with Crippen LogP contribution in [0.15, 0.2) is 5.38 Å². The summed E-state index contributed by atoms with van der Waals surface area (Å²) in [5.74, 6) is 0. The molecular weight excluding hydrogens is 152 g/mol.